The molecule has 0 saturated heterocycles. The minimum atomic E-state index is -0.423. The maximum absolute atomic E-state index is 13.1. The number of carbonyl (C=O) groups excluding carboxylic acids is 1. The number of nitrogens with zero attached hydrogens (tertiary/aromatic N) is 2. The predicted molar refractivity (Wildman–Crippen MR) is 98.6 cm³/mol. The quantitative estimate of drug-likeness (QED) is 0.409. The Balaban J connectivity index is 2.11. The van der Waals surface area contributed by atoms with E-state index in [1.54, 1.807) is 24.3 Å². The molecule has 0 atom stereocenters. The van der Waals surface area contributed by atoms with Gasteiger partial charge in [0, 0.05) is 21.8 Å². The van der Waals surface area contributed by atoms with Gasteiger partial charge in [0.1, 0.15) is 17.3 Å². The number of carbonyl (C=O) groups is 1. The van der Waals surface area contributed by atoms with Crippen LogP contribution in [0.4, 0.5) is 4.39 Å². The fourth-order valence-corrected chi connectivity index (χ4v) is 2.81. The van der Waals surface area contributed by atoms with Crippen molar-refractivity contribution in [2.75, 3.05) is 0 Å². The third-order valence-corrected chi connectivity index (χ3v) is 4.18. The molecule has 0 aliphatic heterocycles. The number of hydrogen-bond donors (Lipinski definition) is 0. The Kier molecular flexibility index (Phi) is 5.23. The van der Waals surface area contributed by atoms with Gasteiger partial charge in [0.2, 0.25) is 5.78 Å². The molecule has 25 heavy (non-hydrogen) atoms. The molecule has 126 valence electrons. The number of rotatable bonds is 4. The molecular formula is C18H10Cl3FN2O. The van der Waals surface area contributed by atoms with E-state index in [2.05, 4.69) is 4.98 Å². The molecule has 0 fully saturated rings. The van der Waals surface area contributed by atoms with Crippen LogP contribution in [0.5, 0.6) is 0 Å². The van der Waals surface area contributed by atoms with Gasteiger partial charge in [-0.2, -0.15) is 0 Å². The second kappa shape index (κ2) is 7.40. The Bertz CT molecular complexity index is 965. The smallest absolute Gasteiger partial charge is 0.209 e. The summed E-state index contributed by atoms with van der Waals surface area (Å²) in [5.41, 5.74) is 1.18. The van der Waals surface area contributed by atoms with Crippen molar-refractivity contribution in [3.8, 4) is 0 Å². The van der Waals surface area contributed by atoms with Gasteiger partial charge in [-0.1, -0.05) is 40.9 Å². The lowest BCUT2D eigenvalue weighted by atomic mass is 10.1. The first-order valence-corrected chi connectivity index (χ1v) is 8.24. The summed E-state index contributed by atoms with van der Waals surface area (Å²) in [6.07, 6.45) is 4.51. The number of halogens is 4. The van der Waals surface area contributed by atoms with Crippen LogP contribution >= 0.6 is 34.8 Å². The lowest BCUT2D eigenvalue weighted by Crippen LogP contribution is -2.08. The highest BCUT2D eigenvalue weighted by molar-refractivity contribution is 6.36. The number of aromatic nitrogens is 2. The summed E-state index contributed by atoms with van der Waals surface area (Å²) in [4.78, 5) is 16.8. The van der Waals surface area contributed by atoms with E-state index in [4.69, 9.17) is 34.8 Å². The van der Waals surface area contributed by atoms with Gasteiger partial charge in [-0.05, 0) is 48.0 Å². The predicted octanol–water partition coefficient (Wildman–Crippen LogP) is 5.86. The Labute approximate surface area is 158 Å². The highest BCUT2D eigenvalue weighted by Crippen LogP contribution is 2.26. The van der Waals surface area contributed by atoms with E-state index in [-0.39, 0.29) is 16.6 Å². The summed E-state index contributed by atoms with van der Waals surface area (Å²) in [6.45, 7) is 0. The molecule has 0 spiro atoms. The molecule has 1 aromatic heterocycles. The zero-order valence-corrected chi connectivity index (χ0v) is 14.9. The molecular weight excluding hydrogens is 386 g/mol. The molecule has 0 aliphatic carbocycles. The van der Waals surface area contributed by atoms with E-state index in [9.17, 15) is 9.18 Å². The molecule has 3 rings (SSSR count). The van der Waals surface area contributed by atoms with Crippen molar-refractivity contribution < 1.29 is 9.18 Å². The molecule has 3 aromatic rings. The molecule has 0 saturated carbocycles. The first-order chi connectivity index (χ1) is 11.9. The second-order valence-electron chi connectivity index (χ2n) is 5.14. The van der Waals surface area contributed by atoms with Crippen LogP contribution in [0.2, 0.25) is 15.2 Å². The standard InChI is InChI=1S/C18H10Cl3FN2O/c19-13-4-1-12(15(20)8-13)7-16(24-9-17(21)23-10-24)18(25)11-2-5-14(22)6-3-11/h1-10H/b16-7+. The summed E-state index contributed by atoms with van der Waals surface area (Å²) in [5.74, 6) is -0.756. The molecule has 0 N–H and O–H groups in total. The normalized spacial score (nSPS) is 11.6. The number of hydrogen-bond acceptors (Lipinski definition) is 2. The van der Waals surface area contributed by atoms with Crippen molar-refractivity contribution in [3.63, 3.8) is 0 Å². The van der Waals surface area contributed by atoms with Gasteiger partial charge in [0.25, 0.3) is 0 Å². The van der Waals surface area contributed by atoms with Gasteiger partial charge in [-0.15, -0.1) is 0 Å². The van der Waals surface area contributed by atoms with E-state index in [1.807, 2.05) is 0 Å². The molecule has 0 amide bonds. The van der Waals surface area contributed by atoms with Gasteiger partial charge in [0.15, 0.2) is 0 Å². The summed E-state index contributed by atoms with van der Waals surface area (Å²) in [6, 6.07) is 10.2. The van der Waals surface area contributed by atoms with Crippen molar-refractivity contribution in [1.29, 1.82) is 0 Å². The fourth-order valence-electron chi connectivity index (χ4n) is 2.20. The van der Waals surface area contributed by atoms with E-state index >= 15 is 0 Å². The van der Waals surface area contributed by atoms with Gasteiger partial charge < -0.3 is 4.57 Å². The van der Waals surface area contributed by atoms with Crippen molar-refractivity contribution in [2.45, 2.75) is 0 Å². The fraction of sp³-hybridized carbons (Fsp3) is 0. The van der Waals surface area contributed by atoms with Crippen LogP contribution in [0.3, 0.4) is 0 Å². The molecule has 0 radical (unpaired) electrons. The highest BCUT2D eigenvalue weighted by atomic mass is 35.5. The molecule has 1 heterocycles. The van der Waals surface area contributed by atoms with Crippen LogP contribution in [0.1, 0.15) is 15.9 Å². The monoisotopic (exact) mass is 394 g/mol. The number of ketones is 1. The van der Waals surface area contributed by atoms with Crippen LogP contribution in [-0.4, -0.2) is 15.3 Å². The molecule has 3 nitrogen and oxygen atoms in total. The molecule has 7 heteroatoms. The molecule has 0 unspecified atom stereocenters. The van der Waals surface area contributed by atoms with Gasteiger partial charge in [-0.3, -0.25) is 4.79 Å². The summed E-state index contributed by atoms with van der Waals surface area (Å²) < 4.78 is 14.6. The van der Waals surface area contributed by atoms with Crippen molar-refractivity contribution in [3.05, 3.63) is 87.1 Å². The lowest BCUT2D eigenvalue weighted by molar-refractivity contribution is 0.105. The van der Waals surface area contributed by atoms with Gasteiger partial charge in [0.05, 0.1) is 5.70 Å². The first kappa shape index (κ1) is 17.7. The van der Waals surface area contributed by atoms with E-state index in [0.717, 1.165) is 0 Å². The van der Waals surface area contributed by atoms with Crippen LogP contribution in [0.25, 0.3) is 11.8 Å². The van der Waals surface area contributed by atoms with E-state index < -0.39 is 5.82 Å². The minimum absolute atomic E-state index is 0.236. The number of allylic oxidation sites excluding steroid dienone is 1. The van der Waals surface area contributed by atoms with E-state index in [1.165, 1.54) is 41.4 Å². The number of benzene rings is 2. The number of imidazole rings is 1. The zero-order chi connectivity index (χ0) is 18.0. The van der Waals surface area contributed by atoms with Crippen LogP contribution in [0.15, 0.2) is 55.0 Å². The van der Waals surface area contributed by atoms with Crippen molar-refractivity contribution >= 4 is 52.4 Å². The first-order valence-electron chi connectivity index (χ1n) is 7.11. The van der Waals surface area contributed by atoms with Crippen LogP contribution < -0.4 is 0 Å². The molecule has 2 aromatic carbocycles. The SMILES string of the molecule is O=C(/C(=C\c1ccc(Cl)cc1Cl)n1cnc(Cl)c1)c1ccc(F)cc1. The van der Waals surface area contributed by atoms with Crippen LogP contribution in [0, 0.1) is 5.82 Å². The summed E-state index contributed by atoms with van der Waals surface area (Å²) >= 11 is 18.0. The Morgan fingerprint density at radius 2 is 1.80 bits per heavy atom. The maximum atomic E-state index is 13.1. The molecule has 0 aliphatic rings. The average molecular weight is 396 g/mol. The number of Topliss-reactive ketones (excluding diaryl/α,β-unsaturated/α-hetero) is 1. The Morgan fingerprint density at radius 1 is 1.08 bits per heavy atom. The second-order valence-corrected chi connectivity index (χ2v) is 6.37. The summed E-state index contributed by atoms with van der Waals surface area (Å²) in [5, 5.41) is 1.11. The highest BCUT2D eigenvalue weighted by Gasteiger charge is 2.16. The topological polar surface area (TPSA) is 34.9 Å². The Hall–Kier alpha value is -2.14. The van der Waals surface area contributed by atoms with Gasteiger partial charge in [-0.25, -0.2) is 9.37 Å². The zero-order valence-electron chi connectivity index (χ0n) is 12.6. The molecule has 0 bridgehead atoms. The maximum Gasteiger partial charge on any atom is 0.209 e. The third-order valence-electron chi connectivity index (χ3n) is 3.42. The van der Waals surface area contributed by atoms with E-state index in [0.29, 0.717) is 21.2 Å². The minimum Gasteiger partial charge on any atom is -0.301 e. The van der Waals surface area contributed by atoms with Crippen molar-refractivity contribution in [1.82, 2.24) is 9.55 Å². The van der Waals surface area contributed by atoms with Gasteiger partial charge >= 0.3 is 0 Å². The third kappa shape index (κ3) is 4.10. The largest absolute Gasteiger partial charge is 0.301 e. The van der Waals surface area contributed by atoms with Crippen LogP contribution in [-0.2, 0) is 0 Å². The summed E-state index contributed by atoms with van der Waals surface area (Å²) in [7, 11) is 0. The van der Waals surface area contributed by atoms with Crippen molar-refractivity contribution in [2.24, 2.45) is 0 Å². The average Bonchev–Trinajstić information content (AvgIpc) is 3.00. The Morgan fingerprint density at radius 3 is 2.40 bits per heavy atom. The lowest BCUT2D eigenvalue weighted by Gasteiger charge is -2.09.